The van der Waals surface area contributed by atoms with Crippen LogP contribution in [0.25, 0.3) is 0 Å². The highest BCUT2D eigenvalue weighted by Crippen LogP contribution is 2.30. The standard InChI is InChI=1S/C16H15Cl3FN/c1-2-21-15(10-6-7-14(20)13(18)8-10)9-11-4-3-5-12(17)16(11)19/h3-8,15,21H,2,9H2,1H3. The predicted octanol–water partition coefficient (Wildman–Crippen LogP) is 5.68. The molecule has 0 fully saturated rings. The normalized spacial score (nSPS) is 12.4. The van der Waals surface area contributed by atoms with Crippen LogP contribution in [0.4, 0.5) is 4.39 Å². The monoisotopic (exact) mass is 345 g/mol. The van der Waals surface area contributed by atoms with E-state index in [1.807, 2.05) is 19.1 Å². The van der Waals surface area contributed by atoms with Crippen LogP contribution >= 0.6 is 34.8 Å². The van der Waals surface area contributed by atoms with Crippen LogP contribution in [0, 0.1) is 5.82 Å². The average Bonchev–Trinajstić information content (AvgIpc) is 2.46. The summed E-state index contributed by atoms with van der Waals surface area (Å²) >= 11 is 18.1. The zero-order chi connectivity index (χ0) is 15.4. The predicted molar refractivity (Wildman–Crippen MR) is 88.0 cm³/mol. The van der Waals surface area contributed by atoms with Crippen molar-refractivity contribution in [2.75, 3.05) is 6.54 Å². The first kappa shape index (κ1) is 16.6. The van der Waals surface area contributed by atoms with Crippen molar-refractivity contribution in [1.82, 2.24) is 5.32 Å². The van der Waals surface area contributed by atoms with Crippen molar-refractivity contribution < 1.29 is 4.39 Å². The molecule has 0 saturated heterocycles. The summed E-state index contributed by atoms with van der Waals surface area (Å²) in [6.07, 6.45) is 0.648. The molecule has 1 unspecified atom stereocenters. The number of benzene rings is 2. The van der Waals surface area contributed by atoms with E-state index in [1.54, 1.807) is 18.2 Å². The molecule has 5 heteroatoms. The Hall–Kier alpha value is -0.800. The molecule has 1 nitrogen and oxygen atoms in total. The van der Waals surface area contributed by atoms with Gasteiger partial charge in [-0.25, -0.2) is 4.39 Å². The van der Waals surface area contributed by atoms with Gasteiger partial charge in [0.2, 0.25) is 0 Å². The van der Waals surface area contributed by atoms with Crippen LogP contribution in [0.5, 0.6) is 0 Å². The van der Waals surface area contributed by atoms with E-state index in [1.165, 1.54) is 6.07 Å². The molecule has 112 valence electrons. The second kappa shape index (κ2) is 7.46. The molecule has 21 heavy (non-hydrogen) atoms. The van der Waals surface area contributed by atoms with Crippen LogP contribution in [0.2, 0.25) is 15.1 Å². The quantitative estimate of drug-likeness (QED) is 0.734. The molecule has 0 aromatic heterocycles. The largest absolute Gasteiger partial charge is 0.310 e. The van der Waals surface area contributed by atoms with Gasteiger partial charge in [0.1, 0.15) is 5.82 Å². The zero-order valence-electron chi connectivity index (χ0n) is 11.5. The maximum Gasteiger partial charge on any atom is 0.141 e. The second-order valence-corrected chi connectivity index (χ2v) is 5.89. The van der Waals surface area contributed by atoms with Crippen molar-refractivity contribution >= 4 is 34.8 Å². The topological polar surface area (TPSA) is 12.0 Å². The lowest BCUT2D eigenvalue weighted by molar-refractivity contribution is 0.547. The van der Waals surface area contributed by atoms with Crippen LogP contribution in [-0.4, -0.2) is 6.54 Å². The third kappa shape index (κ3) is 4.10. The highest BCUT2D eigenvalue weighted by atomic mass is 35.5. The first-order valence-electron chi connectivity index (χ1n) is 6.64. The van der Waals surface area contributed by atoms with Gasteiger partial charge in [-0.15, -0.1) is 0 Å². The number of rotatable bonds is 5. The van der Waals surface area contributed by atoms with E-state index in [9.17, 15) is 4.39 Å². The van der Waals surface area contributed by atoms with Gasteiger partial charge >= 0.3 is 0 Å². The molecule has 0 aliphatic rings. The molecule has 0 amide bonds. The summed E-state index contributed by atoms with van der Waals surface area (Å²) in [5.41, 5.74) is 1.86. The minimum absolute atomic E-state index is 0.0101. The summed E-state index contributed by atoms with van der Waals surface area (Å²) in [7, 11) is 0. The van der Waals surface area contributed by atoms with Gasteiger partial charge in [0.05, 0.1) is 15.1 Å². The first-order chi connectivity index (χ1) is 10.0. The minimum Gasteiger partial charge on any atom is -0.310 e. The van der Waals surface area contributed by atoms with Gasteiger partial charge in [-0.05, 0) is 42.3 Å². The zero-order valence-corrected chi connectivity index (χ0v) is 13.7. The van der Waals surface area contributed by atoms with E-state index in [2.05, 4.69) is 5.32 Å². The maximum absolute atomic E-state index is 13.3. The van der Waals surface area contributed by atoms with Gasteiger partial charge in [-0.3, -0.25) is 0 Å². The Balaban J connectivity index is 2.30. The molecule has 1 N–H and O–H groups in total. The van der Waals surface area contributed by atoms with Gasteiger partial charge in [0.25, 0.3) is 0 Å². The summed E-state index contributed by atoms with van der Waals surface area (Å²) in [4.78, 5) is 0. The van der Waals surface area contributed by atoms with Crippen LogP contribution in [-0.2, 0) is 6.42 Å². The maximum atomic E-state index is 13.3. The minimum atomic E-state index is -0.420. The molecule has 0 saturated carbocycles. The van der Waals surface area contributed by atoms with Crippen molar-refractivity contribution in [3.8, 4) is 0 Å². The van der Waals surface area contributed by atoms with Crippen molar-refractivity contribution in [3.63, 3.8) is 0 Å². The van der Waals surface area contributed by atoms with Crippen molar-refractivity contribution in [3.05, 3.63) is 68.4 Å². The lowest BCUT2D eigenvalue weighted by Crippen LogP contribution is -2.23. The SMILES string of the molecule is CCNC(Cc1cccc(Cl)c1Cl)c1ccc(F)c(Cl)c1. The molecule has 0 spiro atoms. The van der Waals surface area contributed by atoms with Gasteiger partial charge < -0.3 is 5.32 Å². The molecule has 0 radical (unpaired) electrons. The van der Waals surface area contributed by atoms with E-state index in [0.717, 1.165) is 17.7 Å². The Morgan fingerprint density at radius 3 is 2.52 bits per heavy atom. The first-order valence-corrected chi connectivity index (χ1v) is 7.77. The van der Waals surface area contributed by atoms with Crippen molar-refractivity contribution in [2.45, 2.75) is 19.4 Å². The van der Waals surface area contributed by atoms with Gasteiger partial charge in [0, 0.05) is 6.04 Å². The molecule has 2 rings (SSSR count). The van der Waals surface area contributed by atoms with E-state index in [0.29, 0.717) is 16.5 Å². The highest BCUT2D eigenvalue weighted by Gasteiger charge is 2.15. The molecule has 2 aromatic carbocycles. The smallest absolute Gasteiger partial charge is 0.141 e. The summed E-state index contributed by atoms with van der Waals surface area (Å²) < 4.78 is 13.3. The third-order valence-electron chi connectivity index (χ3n) is 3.25. The molecule has 0 aliphatic carbocycles. The molecular formula is C16H15Cl3FN. The molecule has 1 atom stereocenters. The van der Waals surface area contributed by atoms with Gasteiger partial charge in [0.15, 0.2) is 0 Å². The van der Waals surface area contributed by atoms with Crippen LogP contribution < -0.4 is 5.32 Å². The Morgan fingerprint density at radius 1 is 1.10 bits per heavy atom. The molecular weight excluding hydrogens is 332 g/mol. The Morgan fingerprint density at radius 2 is 1.86 bits per heavy atom. The number of hydrogen-bond acceptors (Lipinski definition) is 1. The van der Waals surface area contributed by atoms with Crippen molar-refractivity contribution in [2.24, 2.45) is 0 Å². The fourth-order valence-corrected chi connectivity index (χ4v) is 2.80. The molecule has 2 aromatic rings. The molecule has 0 heterocycles. The number of likely N-dealkylation sites (N-methyl/N-ethyl adjacent to an activating group) is 1. The summed E-state index contributed by atoms with van der Waals surface area (Å²) in [5, 5.41) is 4.56. The van der Waals surface area contributed by atoms with Gasteiger partial charge in [-0.2, -0.15) is 0 Å². The highest BCUT2D eigenvalue weighted by molar-refractivity contribution is 6.42. The lowest BCUT2D eigenvalue weighted by Gasteiger charge is -2.20. The Labute approximate surface area is 139 Å². The average molecular weight is 347 g/mol. The van der Waals surface area contributed by atoms with Gasteiger partial charge in [-0.1, -0.05) is 59.9 Å². The van der Waals surface area contributed by atoms with E-state index < -0.39 is 5.82 Å². The van der Waals surface area contributed by atoms with Crippen LogP contribution in [0.1, 0.15) is 24.1 Å². The fourth-order valence-electron chi connectivity index (χ4n) is 2.21. The third-order valence-corrected chi connectivity index (χ3v) is 4.40. The van der Waals surface area contributed by atoms with Crippen LogP contribution in [0.3, 0.4) is 0 Å². The summed E-state index contributed by atoms with van der Waals surface area (Å²) in [6.45, 7) is 2.79. The van der Waals surface area contributed by atoms with Crippen molar-refractivity contribution in [1.29, 1.82) is 0 Å². The Kier molecular flexibility index (Phi) is 5.88. The summed E-state index contributed by atoms with van der Waals surface area (Å²) in [6, 6.07) is 10.3. The fraction of sp³-hybridized carbons (Fsp3) is 0.250. The number of halogens is 4. The van der Waals surface area contributed by atoms with E-state index >= 15 is 0 Å². The van der Waals surface area contributed by atoms with Crippen LogP contribution in [0.15, 0.2) is 36.4 Å². The molecule has 0 bridgehead atoms. The number of nitrogens with one attached hydrogen (secondary N) is 1. The second-order valence-electron chi connectivity index (χ2n) is 4.70. The molecule has 0 aliphatic heterocycles. The van der Waals surface area contributed by atoms with E-state index in [4.69, 9.17) is 34.8 Å². The lowest BCUT2D eigenvalue weighted by atomic mass is 9.98. The Bertz CT molecular complexity index is 631. The summed E-state index contributed by atoms with van der Waals surface area (Å²) in [5.74, 6) is -0.420. The number of hydrogen-bond donors (Lipinski definition) is 1. The van der Waals surface area contributed by atoms with E-state index in [-0.39, 0.29) is 11.1 Å².